The maximum atomic E-state index is 12.9. The number of fused-ring (bicyclic) bond motifs is 3. The van der Waals surface area contributed by atoms with Crippen LogP contribution in [0.5, 0.6) is 17.2 Å². The number of carbonyl (C=O) groups excluding carboxylic acids is 2. The number of hydrogen-bond acceptors (Lipinski definition) is 8. The van der Waals surface area contributed by atoms with Gasteiger partial charge in [-0.05, 0) is 36.8 Å². The largest absolute Gasteiger partial charge is 0.493 e. The number of esters is 1. The molecule has 1 amide bonds. The molecule has 0 saturated carbocycles. The third-order valence-corrected chi connectivity index (χ3v) is 5.09. The first kappa shape index (κ1) is 21.2. The van der Waals surface area contributed by atoms with Gasteiger partial charge >= 0.3 is 11.6 Å². The summed E-state index contributed by atoms with van der Waals surface area (Å²) in [5.41, 5.74) is 5.65. The van der Waals surface area contributed by atoms with E-state index in [2.05, 4.69) is 0 Å². The number of hydrogen-bond donors (Lipinski definition) is 1. The molecule has 1 aromatic heterocycles. The second-order valence-corrected chi connectivity index (χ2v) is 7.06. The van der Waals surface area contributed by atoms with Crippen LogP contribution in [-0.2, 0) is 14.3 Å². The Kier molecular flexibility index (Phi) is 5.72. The van der Waals surface area contributed by atoms with Gasteiger partial charge in [-0.3, -0.25) is 4.79 Å². The van der Waals surface area contributed by atoms with Crippen molar-refractivity contribution in [2.75, 3.05) is 20.3 Å². The molecule has 2 heterocycles. The van der Waals surface area contributed by atoms with Crippen LogP contribution in [0.2, 0.25) is 0 Å². The molecule has 2 aromatic carbocycles. The molecule has 0 saturated heterocycles. The van der Waals surface area contributed by atoms with E-state index in [4.69, 9.17) is 29.1 Å². The van der Waals surface area contributed by atoms with Crippen molar-refractivity contribution in [3.63, 3.8) is 0 Å². The van der Waals surface area contributed by atoms with Gasteiger partial charge < -0.3 is 29.1 Å². The minimum atomic E-state index is -1.10. The Hall–Kier alpha value is -4.01. The highest BCUT2D eigenvalue weighted by Crippen LogP contribution is 2.46. The lowest BCUT2D eigenvalue weighted by Crippen LogP contribution is -2.32. The Morgan fingerprint density at radius 1 is 1.12 bits per heavy atom. The van der Waals surface area contributed by atoms with Crippen LogP contribution in [0.4, 0.5) is 0 Å². The maximum absolute atomic E-state index is 12.9. The summed E-state index contributed by atoms with van der Waals surface area (Å²) in [7, 11) is 1.43. The highest BCUT2D eigenvalue weighted by molar-refractivity contribution is 5.88. The van der Waals surface area contributed by atoms with Crippen LogP contribution in [0.15, 0.2) is 51.7 Å². The summed E-state index contributed by atoms with van der Waals surface area (Å²) in [5, 5.41) is 0.576. The normalized spacial score (nSPS) is 16.8. The molecule has 9 nitrogen and oxygen atoms in total. The lowest BCUT2D eigenvalue weighted by Gasteiger charge is -2.19. The predicted molar refractivity (Wildman–Crippen MR) is 113 cm³/mol. The van der Waals surface area contributed by atoms with E-state index in [1.54, 1.807) is 49.4 Å². The van der Waals surface area contributed by atoms with Crippen LogP contribution in [0.3, 0.4) is 0 Å². The van der Waals surface area contributed by atoms with Crippen molar-refractivity contribution in [2.24, 2.45) is 5.73 Å². The third kappa shape index (κ3) is 3.73. The number of para-hydroxylation sites is 1. The van der Waals surface area contributed by atoms with Gasteiger partial charge in [-0.15, -0.1) is 0 Å². The summed E-state index contributed by atoms with van der Waals surface area (Å²) in [5.74, 6) is -1.18. The van der Waals surface area contributed by atoms with Gasteiger partial charge in [-0.25, -0.2) is 9.59 Å². The summed E-state index contributed by atoms with van der Waals surface area (Å²) in [6.07, 6.45) is -1.10. The van der Waals surface area contributed by atoms with Crippen LogP contribution >= 0.6 is 0 Å². The average molecular weight is 439 g/mol. The number of amides is 1. The fraction of sp³-hybridized carbons (Fsp3) is 0.261. The number of primary amides is 1. The molecule has 9 heteroatoms. The van der Waals surface area contributed by atoms with E-state index in [1.165, 1.54) is 7.11 Å². The first-order valence-corrected chi connectivity index (χ1v) is 9.92. The Balaban J connectivity index is 1.86. The van der Waals surface area contributed by atoms with E-state index >= 15 is 0 Å². The van der Waals surface area contributed by atoms with Crippen LogP contribution in [0.1, 0.15) is 24.0 Å². The molecule has 3 aromatic rings. The highest BCUT2D eigenvalue weighted by atomic mass is 16.6. The van der Waals surface area contributed by atoms with Crippen molar-refractivity contribution in [2.45, 2.75) is 18.9 Å². The standard InChI is InChI=1S/C23H21NO8/c1-3-29-23(27)21-18(12-8-9-15(16(10-12)28-2)30-11-17(24)25)19-20(32-21)13-6-4-5-7-14(13)31-22(19)26/h4-10,18,21H,3,11H2,1-2H3,(H2,24,25)/t18-,21+/m1/s1. The lowest BCUT2D eigenvalue weighted by atomic mass is 9.88. The molecule has 2 atom stereocenters. The maximum Gasteiger partial charge on any atom is 0.348 e. The van der Waals surface area contributed by atoms with Gasteiger partial charge in [0.05, 0.1) is 30.6 Å². The number of methoxy groups -OCH3 is 1. The smallest absolute Gasteiger partial charge is 0.348 e. The zero-order valence-corrected chi connectivity index (χ0v) is 17.5. The monoisotopic (exact) mass is 439 g/mol. The van der Waals surface area contributed by atoms with Gasteiger partial charge in [0, 0.05) is 0 Å². The molecule has 0 radical (unpaired) electrons. The third-order valence-electron chi connectivity index (χ3n) is 5.09. The molecule has 1 aliphatic heterocycles. The van der Waals surface area contributed by atoms with Gasteiger partial charge in [0.25, 0.3) is 5.91 Å². The van der Waals surface area contributed by atoms with Gasteiger partial charge in [-0.2, -0.15) is 0 Å². The fourth-order valence-corrected chi connectivity index (χ4v) is 3.77. The van der Waals surface area contributed by atoms with Crippen molar-refractivity contribution in [1.29, 1.82) is 0 Å². The summed E-state index contributed by atoms with van der Waals surface area (Å²) in [6, 6.07) is 11.8. The van der Waals surface area contributed by atoms with E-state index in [-0.39, 0.29) is 30.3 Å². The number of nitrogens with two attached hydrogens (primary N) is 1. The van der Waals surface area contributed by atoms with Crippen molar-refractivity contribution in [1.82, 2.24) is 0 Å². The van der Waals surface area contributed by atoms with E-state index in [0.717, 1.165) is 0 Å². The minimum Gasteiger partial charge on any atom is -0.493 e. The van der Waals surface area contributed by atoms with E-state index in [1.807, 2.05) is 0 Å². The summed E-state index contributed by atoms with van der Waals surface area (Å²) < 4.78 is 27.4. The van der Waals surface area contributed by atoms with E-state index < -0.39 is 29.5 Å². The molecule has 0 unspecified atom stereocenters. The second kappa shape index (κ2) is 8.62. The Bertz CT molecular complexity index is 1250. The lowest BCUT2D eigenvalue weighted by molar-refractivity contribution is -0.151. The van der Waals surface area contributed by atoms with Crippen LogP contribution in [0, 0.1) is 0 Å². The van der Waals surface area contributed by atoms with Gasteiger partial charge in [0.1, 0.15) is 11.3 Å². The summed E-state index contributed by atoms with van der Waals surface area (Å²) >= 11 is 0. The first-order valence-electron chi connectivity index (χ1n) is 9.92. The molecule has 2 N–H and O–H groups in total. The van der Waals surface area contributed by atoms with Gasteiger partial charge in [0.15, 0.2) is 18.1 Å². The Labute approximate surface area is 182 Å². The van der Waals surface area contributed by atoms with Gasteiger partial charge in [-0.1, -0.05) is 18.2 Å². The van der Waals surface area contributed by atoms with Crippen LogP contribution in [0.25, 0.3) is 11.0 Å². The predicted octanol–water partition coefficient (Wildman–Crippen LogP) is 2.12. The Morgan fingerprint density at radius 3 is 2.62 bits per heavy atom. The first-order chi connectivity index (χ1) is 15.4. The summed E-state index contributed by atoms with van der Waals surface area (Å²) in [4.78, 5) is 36.7. The van der Waals surface area contributed by atoms with Crippen LogP contribution < -0.4 is 25.6 Å². The molecular formula is C23H21NO8. The Morgan fingerprint density at radius 2 is 1.91 bits per heavy atom. The molecule has 0 bridgehead atoms. The van der Waals surface area contributed by atoms with Crippen molar-refractivity contribution in [3.05, 3.63) is 64.0 Å². The van der Waals surface area contributed by atoms with Crippen molar-refractivity contribution < 1.29 is 33.0 Å². The van der Waals surface area contributed by atoms with Crippen LogP contribution in [-0.4, -0.2) is 38.3 Å². The number of carbonyl (C=O) groups is 2. The molecule has 0 fully saturated rings. The molecule has 32 heavy (non-hydrogen) atoms. The van der Waals surface area contributed by atoms with Crippen molar-refractivity contribution >= 4 is 22.8 Å². The molecular weight excluding hydrogens is 418 g/mol. The SMILES string of the molecule is CCOC(=O)[C@H]1Oc2c(c(=O)oc3ccccc23)[C@H]1c1ccc(OCC(N)=O)c(OC)c1. The average Bonchev–Trinajstić information content (AvgIpc) is 3.19. The number of benzene rings is 2. The topological polar surface area (TPSA) is 127 Å². The highest BCUT2D eigenvalue weighted by Gasteiger charge is 2.45. The quantitative estimate of drug-likeness (QED) is 0.438. The van der Waals surface area contributed by atoms with E-state index in [9.17, 15) is 14.4 Å². The minimum absolute atomic E-state index is 0.153. The zero-order chi connectivity index (χ0) is 22.8. The second-order valence-electron chi connectivity index (χ2n) is 7.06. The fourth-order valence-electron chi connectivity index (χ4n) is 3.77. The van der Waals surface area contributed by atoms with Crippen molar-refractivity contribution in [3.8, 4) is 17.2 Å². The zero-order valence-electron chi connectivity index (χ0n) is 17.5. The molecule has 0 spiro atoms. The van der Waals surface area contributed by atoms with E-state index in [0.29, 0.717) is 22.3 Å². The molecule has 0 aliphatic carbocycles. The molecule has 166 valence electrons. The molecule has 1 aliphatic rings. The van der Waals surface area contributed by atoms with Gasteiger partial charge in [0.2, 0.25) is 6.10 Å². The number of rotatable bonds is 7. The number of ether oxygens (including phenoxy) is 4. The summed E-state index contributed by atoms with van der Waals surface area (Å²) in [6.45, 7) is 1.51. The molecule has 4 rings (SSSR count).